The van der Waals surface area contributed by atoms with Gasteiger partial charge in [-0.1, -0.05) is 13.0 Å². The molecule has 8 heteroatoms. The Balaban J connectivity index is 1.32. The molecule has 2 N–H and O–H groups in total. The SMILES string of the molecule is CCN1CCCC(Oc2cccc3[nH]nc(-c4nc5ccc(N6CCN(C)CC6)cc5[nH]4)c23)C1. The molecule has 1 atom stereocenters. The summed E-state index contributed by atoms with van der Waals surface area (Å²) in [5.74, 6) is 1.65. The molecular weight excluding hydrogens is 426 g/mol. The number of hydrogen-bond donors (Lipinski definition) is 2. The molecule has 2 saturated heterocycles. The zero-order valence-electron chi connectivity index (χ0n) is 20.0. The fraction of sp³-hybridized carbons (Fsp3) is 0.462. The molecule has 2 aliphatic rings. The third-order valence-electron chi connectivity index (χ3n) is 7.31. The minimum absolute atomic E-state index is 0.198. The van der Waals surface area contributed by atoms with Crippen molar-refractivity contribution in [2.24, 2.45) is 0 Å². The molecule has 2 aromatic carbocycles. The van der Waals surface area contributed by atoms with E-state index in [2.05, 4.69) is 68.1 Å². The quantitative estimate of drug-likeness (QED) is 0.474. The largest absolute Gasteiger partial charge is 0.488 e. The number of ether oxygens (including phenoxy) is 1. The van der Waals surface area contributed by atoms with Crippen molar-refractivity contribution in [3.8, 4) is 17.3 Å². The van der Waals surface area contributed by atoms with Gasteiger partial charge in [-0.3, -0.25) is 10.00 Å². The van der Waals surface area contributed by atoms with Crippen molar-refractivity contribution in [3.05, 3.63) is 36.4 Å². The zero-order valence-corrected chi connectivity index (χ0v) is 20.0. The number of benzene rings is 2. The van der Waals surface area contributed by atoms with E-state index in [0.29, 0.717) is 0 Å². The standard InChI is InChI=1S/C26H33N7O/c1-3-32-11-5-6-19(17-32)34-23-8-4-7-21-24(23)25(30-29-21)26-27-20-10-9-18(16-22(20)28-26)33-14-12-31(2)13-15-33/h4,7-10,16,19H,3,5-6,11-15,17H2,1-2H3,(H,27,28)(H,29,30). The van der Waals surface area contributed by atoms with E-state index in [-0.39, 0.29) is 6.10 Å². The highest BCUT2D eigenvalue weighted by Crippen LogP contribution is 2.35. The van der Waals surface area contributed by atoms with Gasteiger partial charge in [0.2, 0.25) is 0 Å². The van der Waals surface area contributed by atoms with Crippen molar-refractivity contribution < 1.29 is 4.74 Å². The number of hydrogen-bond acceptors (Lipinski definition) is 6. The lowest BCUT2D eigenvalue weighted by Crippen LogP contribution is -2.44. The highest BCUT2D eigenvalue weighted by atomic mass is 16.5. The molecule has 1 unspecified atom stereocenters. The first kappa shape index (κ1) is 21.4. The lowest BCUT2D eigenvalue weighted by Gasteiger charge is -2.34. The molecular formula is C26H33N7O. The lowest BCUT2D eigenvalue weighted by molar-refractivity contribution is 0.0932. The summed E-state index contributed by atoms with van der Waals surface area (Å²) < 4.78 is 6.55. The summed E-state index contributed by atoms with van der Waals surface area (Å²) in [6, 6.07) is 12.6. The molecule has 4 aromatic rings. The highest BCUT2D eigenvalue weighted by Gasteiger charge is 2.23. The van der Waals surface area contributed by atoms with Crippen LogP contribution in [-0.2, 0) is 0 Å². The van der Waals surface area contributed by atoms with E-state index >= 15 is 0 Å². The van der Waals surface area contributed by atoms with Crippen LogP contribution in [0.1, 0.15) is 19.8 Å². The van der Waals surface area contributed by atoms with E-state index in [1.54, 1.807) is 0 Å². The number of nitrogens with zero attached hydrogens (tertiary/aromatic N) is 5. The van der Waals surface area contributed by atoms with Crippen LogP contribution in [0.25, 0.3) is 33.5 Å². The number of fused-ring (bicyclic) bond motifs is 2. The number of piperazine rings is 1. The topological polar surface area (TPSA) is 76.3 Å². The Bertz CT molecular complexity index is 1290. The molecule has 6 rings (SSSR count). The Morgan fingerprint density at radius 3 is 2.79 bits per heavy atom. The summed E-state index contributed by atoms with van der Waals surface area (Å²) in [4.78, 5) is 15.7. The van der Waals surface area contributed by atoms with Crippen molar-refractivity contribution in [2.75, 3.05) is 57.8 Å². The van der Waals surface area contributed by atoms with Gasteiger partial charge >= 0.3 is 0 Å². The van der Waals surface area contributed by atoms with E-state index in [9.17, 15) is 0 Å². The maximum atomic E-state index is 6.55. The molecule has 0 spiro atoms. The van der Waals surface area contributed by atoms with Crippen LogP contribution in [0.15, 0.2) is 36.4 Å². The summed E-state index contributed by atoms with van der Waals surface area (Å²) in [5.41, 5.74) is 5.00. The zero-order chi connectivity index (χ0) is 23.1. The van der Waals surface area contributed by atoms with Crippen LogP contribution in [0.5, 0.6) is 5.75 Å². The number of likely N-dealkylation sites (N-methyl/N-ethyl adjacent to an activating group) is 2. The van der Waals surface area contributed by atoms with Gasteiger partial charge in [-0.25, -0.2) is 4.98 Å². The van der Waals surface area contributed by atoms with Crippen molar-refractivity contribution in [2.45, 2.75) is 25.9 Å². The van der Waals surface area contributed by atoms with Crippen LogP contribution in [0, 0.1) is 0 Å². The molecule has 2 aliphatic heterocycles. The Morgan fingerprint density at radius 2 is 1.94 bits per heavy atom. The predicted molar refractivity (Wildman–Crippen MR) is 137 cm³/mol. The number of rotatable bonds is 5. The fourth-order valence-corrected chi connectivity index (χ4v) is 5.26. The number of likely N-dealkylation sites (tertiary alicyclic amines) is 1. The molecule has 34 heavy (non-hydrogen) atoms. The lowest BCUT2D eigenvalue weighted by atomic mass is 10.1. The van der Waals surface area contributed by atoms with Crippen LogP contribution < -0.4 is 9.64 Å². The molecule has 0 bridgehead atoms. The highest BCUT2D eigenvalue weighted by molar-refractivity contribution is 5.97. The molecule has 0 radical (unpaired) electrons. The third-order valence-corrected chi connectivity index (χ3v) is 7.31. The first-order valence-corrected chi connectivity index (χ1v) is 12.5. The molecule has 2 aromatic heterocycles. The van der Waals surface area contributed by atoms with Crippen LogP contribution >= 0.6 is 0 Å². The van der Waals surface area contributed by atoms with Gasteiger partial charge < -0.3 is 19.5 Å². The van der Waals surface area contributed by atoms with Crippen molar-refractivity contribution >= 4 is 27.6 Å². The fourth-order valence-electron chi connectivity index (χ4n) is 5.26. The van der Waals surface area contributed by atoms with Gasteiger partial charge in [0.05, 0.1) is 21.9 Å². The third kappa shape index (κ3) is 4.01. The first-order valence-electron chi connectivity index (χ1n) is 12.5. The van der Waals surface area contributed by atoms with E-state index in [1.807, 2.05) is 12.1 Å². The van der Waals surface area contributed by atoms with Gasteiger partial charge in [0.15, 0.2) is 5.82 Å². The van der Waals surface area contributed by atoms with Gasteiger partial charge in [-0.15, -0.1) is 0 Å². The van der Waals surface area contributed by atoms with Gasteiger partial charge in [-0.2, -0.15) is 5.10 Å². The molecule has 8 nitrogen and oxygen atoms in total. The Kier molecular flexibility index (Phi) is 5.63. The molecule has 4 heterocycles. The van der Waals surface area contributed by atoms with E-state index in [1.165, 1.54) is 12.1 Å². The van der Waals surface area contributed by atoms with Gasteiger partial charge in [0.25, 0.3) is 0 Å². The molecule has 0 aliphatic carbocycles. The molecule has 2 fully saturated rings. The second kappa shape index (κ2) is 8.92. The molecule has 0 amide bonds. The summed E-state index contributed by atoms with van der Waals surface area (Å²) >= 11 is 0. The molecule has 178 valence electrons. The monoisotopic (exact) mass is 459 g/mol. The van der Waals surface area contributed by atoms with Crippen molar-refractivity contribution in [1.82, 2.24) is 30.0 Å². The van der Waals surface area contributed by atoms with E-state index < -0.39 is 0 Å². The number of aromatic nitrogens is 4. The minimum Gasteiger partial charge on any atom is -0.488 e. The molecule has 0 saturated carbocycles. The number of H-pyrrole nitrogens is 2. The van der Waals surface area contributed by atoms with E-state index in [4.69, 9.17) is 9.72 Å². The smallest absolute Gasteiger partial charge is 0.159 e. The number of piperidine rings is 1. The maximum Gasteiger partial charge on any atom is 0.159 e. The number of imidazole rings is 1. The minimum atomic E-state index is 0.198. The van der Waals surface area contributed by atoms with Crippen LogP contribution in [0.3, 0.4) is 0 Å². The second-order valence-corrected chi connectivity index (χ2v) is 9.60. The Morgan fingerprint density at radius 1 is 1.06 bits per heavy atom. The predicted octanol–water partition coefficient (Wildman–Crippen LogP) is 3.72. The summed E-state index contributed by atoms with van der Waals surface area (Å²) in [5, 5.41) is 8.82. The number of aromatic amines is 2. The summed E-state index contributed by atoms with van der Waals surface area (Å²) in [6.45, 7) is 9.68. The van der Waals surface area contributed by atoms with Gasteiger partial charge in [-0.05, 0) is 63.3 Å². The van der Waals surface area contributed by atoms with Gasteiger partial charge in [0, 0.05) is 38.4 Å². The van der Waals surface area contributed by atoms with Crippen molar-refractivity contribution in [1.29, 1.82) is 0 Å². The maximum absolute atomic E-state index is 6.55. The summed E-state index contributed by atoms with van der Waals surface area (Å²) in [6.07, 6.45) is 2.45. The van der Waals surface area contributed by atoms with Crippen LogP contribution in [-0.4, -0.2) is 88.9 Å². The summed E-state index contributed by atoms with van der Waals surface area (Å²) in [7, 11) is 2.18. The average Bonchev–Trinajstić information content (AvgIpc) is 3.49. The van der Waals surface area contributed by atoms with Crippen molar-refractivity contribution in [3.63, 3.8) is 0 Å². The van der Waals surface area contributed by atoms with Crippen LogP contribution in [0.2, 0.25) is 0 Å². The second-order valence-electron chi connectivity index (χ2n) is 9.60. The average molecular weight is 460 g/mol. The van der Waals surface area contributed by atoms with E-state index in [0.717, 1.165) is 91.4 Å². The Hall–Kier alpha value is -3.10. The van der Waals surface area contributed by atoms with Crippen LogP contribution in [0.4, 0.5) is 5.69 Å². The number of nitrogens with one attached hydrogen (secondary N) is 2. The first-order chi connectivity index (χ1) is 16.7. The normalized spacial score (nSPS) is 20.4. The number of anilines is 1. The Labute approximate surface area is 199 Å². The van der Waals surface area contributed by atoms with Gasteiger partial charge in [0.1, 0.15) is 17.5 Å².